The van der Waals surface area contributed by atoms with Crippen LogP contribution in [0.3, 0.4) is 0 Å². The van der Waals surface area contributed by atoms with Crippen LogP contribution in [-0.4, -0.2) is 36.7 Å². The summed E-state index contributed by atoms with van der Waals surface area (Å²) < 4.78 is 5.47. The highest BCUT2D eigenvalue weighted by molar-refractivity contribution is 5.99. The van der Waals surface area contributed by atoms with E-state index >= 15 is 0 Å². The van der Waals surface area contributed by atoms with Crippen molar-refractivity contribution in [2.45, 2.75) is 25.9 Å². The van der Waals surface area contributed by atoms with Gasteiger partial charge >= 0.3 is 0 Å². The quantitative estimate of drug-likeness (QED) is 0.828. The summed E-state index contributed by atoms with van der Waals surface area (Å²) in [7, 11) is 0. The number of carbonyl (C=O) groups is 1. The highest BCUT2D eigenvalue weighted by atomic mass is 16.5. The third kappa shape index (κ3) is 3.20. The lowest BCUT2D eigenvalue weighted by Crippen LogP contribution is -2.32. The SMILES string of the molecule is CCNc1cnccc1C(=O)NCC1CCCO1. The summed E-state index contributed by atoms with van der Waals surface area (Å²) in [4.78, 5) is 16.1. The van der Waals surface area contributed by atoms with Crippen molar-refractivity contribution in [2.24, 2.45) is 0 Å². The molecule has 0 saturated carbocycles. The van der Waals surface area contributed by atoms with Crippen LogP contribution >= 0.6 is 0 Å². The standard InChI is InChI=1S/C13H19N3O2/c1-2-15-12-9-14-6-5-11(12)13(17)16-8-10-4-3-7-18-10/h5-6,9-10,15H,2-4,7-8H2,1H3,(H,16,17). The maximum Gasteiger partial charge on any atom is 0.253 e. The van der Waals surface area contributed by atoms with Crippen molar-refractivity contribution in [2.75, 3.05) is 25.0 Å². The molecule has 0 aliphatic carbocycles. The molecule has 1 amide bonds. The van der Waals surface area contributed by atoms with E-state index in [-0.39, 0.29) is 12.0 Å². The molecule has 5 heteroatoms. The van der Waals surface area contributed by atoms with Crippen LogP contribution in [0.15, 0.2) is 18.5 Å². The van der Waals surface area contributed by atoms with Crippen molar-refractivity contribution in [3.8, 4) is 0 Å². The monoisotopic (exact) mass is 249 g/mol. The van der Waals surface area contributed by atoms with Gasteiger partial charge in [0, 0.05) is 25.9 Å². The minimum atomic E-state index is -0.0798. The molecule has 1 atom stereocenters. The number of nitrogens with one attached hydrogen (secondary N) is 2. The Morgan fingerprint density at radius 1 is 1.61 bits per heavy atom. The van der Waals surface area contributed by atoms with E-state index in [4.69, 9.17) is 4.74 Å². The lowest BCUT2D eigenvalue weighted by atomic mass is 10.2. The van der Waals surface area contributed by atoms with Gasteiger partial charge in [0.15, 0.2) is 0 Å². The van der Waals surface area contributed by atoms with Crippen molar-refractivity contribution < 1.29 is 9.53 Å². The number of hydrogen-bond acceptors (Lipinski definition) is 4. The minimum Gasteiger partial charge on any atom is -0.383 e. The largest absolute Gasteiger partial charge is 0.383 e. The predicted molar refractivity (Wildman–Crippen MR) is 69.7 cm³/mol. The van der Waals surface area contributed by atoms with E-state index in [2.05, 4.69) is 15.6 Å². The molecule has 98 valence electrons. The summed E-state index contributed by atoms with van der Waals surface area (Å²) >= 11 is 0. The number of amides is 1. The molecule has 2 N–H and O–H groups in total. The molecule has 0 bridgehead atoms. The number of aromatic nitrogens is 1. The zero-order valence-electron chi connectivity index (χ0n) is 10.6. The van der Waals surface area contributed by atoms with Gasteiger partial charge in [-0.1, -0.05) is 0 Å². The first kappa shape index (κ1) is 12.8. The van der Waals surface area contributed by atoms with E-state index < -0.39 is 0 Å². The van der Waals surface area contributed by atoms with Crippen LogP contribution in [0.5, 0.6) is 0 Å². The van der Waals surface area contributed by atoms with Gasteiger partial charge in [0.1, 0.15) is 0 Å². The molecule has 1 aromatic rings. The fraction of sp³-hybridized carbons (Fsp3) is 0.538. The molecule has 1 aliphatic rings. The lowest BCUT2D eigenvalue weighted by Gasteiger charge is -2.13. The summed E-state index contributed by atoms with van der Waals surface area (Å²) in [5, 5.41) is 6.04. The number of ether oxygens (including phenoxy) is 1. The molecular formula is C13H19N3O2. The van der Waals surface area contributed by atoms with Crippen molar-refractivity contribution in [1.29, 1.82) is 0 Å². The normalized spacial score (nSPS) is 18.6. The number of hydrogen-bond donors (Lipinski definition) is 2. The van der Waals surface area contributed by atoms with Gasteiger partial charge in [-0.05, 0) is 25.8 Å². The predicted octanol–water partition coefficient (Wildman–Crippen LogP) is 1.42. The van der Waals surface area contributed by atoms with Crippen molar-refractivity contribution >= 4 is 11.6 Å². The molecule has 0 aromatic carbocycles. The molecule has 2 rings (SSSR count). The van der Waals surface area contributed by atoms with E-state index in [1.54, 1.807) is 18.5 Å². The molecule has 2 heterocycles. The summed E-state index contributed by atoms with van der Waals surface area (Å²) in [5.41, 5.74) is 1.40. The average Bonchev–Trinajstić information content (AvgIpc) is 2.90. The Balaban J connectivity index is 1.94. The number of carbonyl (C=O) groups excluding carboxylic acids is 1. The number of anilines is 1. The van der Waals surface area contributed by atoms with Crippen molar-refractivity contribution in [3.63, 3.8) is 0 Å². The second-order valence-corrected chi connectivity index (χ2v) is 4.30. The second kappa shape index (κ2) is 6.35. The first-order valence-electron chi connectivity index (χ1n) is 6.39. The van der Waals surface area contributed by atoms with E-state index in [0.717, 1.165) is 31.7 Å². The highest BCUT2D eigenvalue weighted by Gasteiger charge is 2.17. The number of rotatable bonds is 5. The van der Waals surface area contributed by atoms with Gasteiger partial charge in [-0.25, -0.2) is 0 Å². The zero-order chi connectivity index (χ0) is 12.8. The molecule has 1 aliphatic heterocycles. The Hall–Kier alpha value is -1.62. The maximum absolute atomic E-state index is 12.1. The van der Waals surface area contributed by atoms with Crippen molar-refractivity contribution in [3.05, 3.63) is 24.0 Å². The van der Waals surface area contributed by atoms with Gasteiger partial charge in [-0.15, -0.1) is 0 Å². The summed E-state index contributed by atoms with van der Waals surface area (Å²) in [5.74, 6) is -0.0798. The van der Waals surface area contributed by atoms with Gasteiger partial charge in [-0.3, -0.25) is 9.78 Å². The summed E-state index contributed by atoms with van der Waals surface area (Å²) in [6.07, 6.45) is 5.57. The fourth-order valence-electron chi connectivity index (χ4n) is 2.03. The smallest absolute Gasteiger partial charge is 0.253 e. The molecule has 18 heavy (non-hydrogen) atoms. The average molecular weight is 249 g/mol. The lowest BCUT2D eigenvalue weighted by molar-refractivity contribution is 0.0858. The van der Waals surface area contributed by atoms with Crippen LogP contribution in [0.25, 0.3) is 0 Å². The molecular weight excluding hydrogens is 230 g/mol. The van der Waals surface area contributed by atoms with E-state index in [0.29, 0.717) is 12.1 Å². The Morgan fingerprint density at radius 3 is 3.22 bits per heavy atom. The molecule has 5 nitrogen and oxygen atoms in total. The number of pyridine rings is 1. The van der Waals surface area contributed by atoms with E-state index in [9.17, 15) is 4.79 Å². The molecule has 1 saturated heterocycles. The summed E-state index contributed by atoms with van der Waals surface area (Å²) in [6, 6.07) is 1.73. The Morgan fingerprint density at radius 2 is 2.50 bits per heavy atom. The molecule has 1 fully saturated rings. The van der Waals surface area contributed by atoms with E-state index in [1.165, 1.54) is 0 Å². The van der Waals surface area contributed by atoms with Gasteiger partial charge in [0.2, 0.25) is 0 Å². The van der Waals surface area contributed by atoms with Gasteiger partial charge in [0.05, 0.1) is 23.6 Å². The van der Waals surface area contributed by atoms with Gasteiger partial charge < -0.3 is 15.4 Å². The Kier molecular flexibility index (Phi) is 4.52. The Labute approximate surface area is 107 Å². The van der Waals surface area contributed by atoms with Crippen LogP contribution in [0.4, 0.5) is 5.69 Å². The first-order valence-corrected chi connectivity index (χ1v) is 6.39. The highest BCUT2D eigenvalue weighted by Crippen LogP contribution is 2.14. The minimum absolute atomic E-state index is 0.0798. The molecule has 1 unspecified atom stereocenters. The summed E-state index contributed by atoms with van der Waals surface area (Å²) in [6.45, 7) is 4.13. The topological polar surface area (TPSA) is 63.2 Å². The fourth-order valence-corrected chi connectivity index (χ4v) is 2.03. The third-order valence-electron chi connectivity index (χ3n) is 2.95. The second-order valence-electron chi connectivity index (χ2n) is 4.30. The molecule has 0 radical (unpaired) electrons. The van der Waals surface area contributed by atoms with Gasteiger partial charge in [-0.2, -0.15) is 0 Å². The van der Waals surface area contributed by atoms with Crippen molar-refractivity contribution in [1.82, 2.24) is 10.3 Å². The van der Waals surface area contributed by atoms with Gasteiger partial charge in [0.25, 0.3) is 5.91 Å². The first-order chi connectivity index (χ1) is 8.81. The van der Waals surface area contributed by atoms with Crippen LogP contribution < -0.4 is 10.6 Å². The van der Waals surface area contributed by atoms with Crippen LogP contribution in [-0.2, 0) is 4.74 Å². The van der Waals surface area contributed by atoms with E-state index in [1.807, 2.05) is 6.92 Å². The Bertz CT molecular complexity index is 403. The third-order valence-corrected chi connectivity index (χ3v) is 2.95. The van der Waals surface area contributed by atoms with Crippen LogP contribution in [0.1, 0.15) is 30.1 Å². The number of nitrogens with zero attached hydrogens (tertiary/aromatic N) is 1. The maximum atomic E-state index is 12.1. The van der Waals surface area contributed by atoms with Crippen LogP contribution in [0, 0.1) is 0 Å². The molecule has 0 spiro atoms. The zero-order valence-corrected chi connectivity index (χ0v) is 10.6. The van der Waals surface area contributed by atoms with Crippen LogP contribution in [0.2, 0.25) is 0 Å². The molecule has 1 aromatic heterocycles.